The van der Waals surface area contributed by atoms with Crippen LogP contribution in [-0.4, -0.2) is 33.4 Å². The van der Waals surface area contributed by atoms with Crippen molar-refractivity contribution in [3.05, 3.63) is 95.1 Å². The van der Waals surface area contributed by atoms with Crippen LogP contribution in [0.4, 0.5) is 0 Å². The Hall–Kier alpha value is -3.86. The summed E-state index contributed by atoms with van der Waals surface area (Å²) in [6, 6.07) is 23.6. The molecule has 5 nitrogen and oxygen atoms in total. The molecule has 1 aromatic heterocycles. The summed E-state index contributed by atoms with van der Waals surface area (Å²) < 4.78 is 0. The summed E-state index contributed by atoms with van der Waals surface area (Å²) in [4.78, 5) is 29.8. The van der Waals surface area contributed by atoms with Crippen molar-refractivity contribution in [3.63, 3.8) is 0 Å². The first-order valence-electron chi connectivity index (χ1n) is 10.3. The fourth-order valence-corrected chi connectivity index (χ4v) is 4.52. The van der Waals surface area contributed by atoms with Gasteiger partial charge in [0.05, 0.1) is 18.2 Å². The van der Waals surface area contributed by atoms with Crippen molar-refractivity contribution in [2.45, 2.75) is 19.4 Å². The van der Waals surface area contributed by atoms with E-state index in [9.17, 15) is 14.7 Å². The second kappa shape index (κ2) is 7.43. The molecule has 0 saturated heterocycles. The van der Waals surface area contributed by atoms with Crippen LogP contribution in [0.1, 0.15) is 39.5 Å². The molecule has 0 saturated carbocycles. The van der Waals surface area contributed by atoms with Gasteiger partial charge in [-0.05, 0) is 30.2 Å². The largest absolute Gasteiger partial charge is 0.481 e. The molecule has 1 aliphatic heterocycles. The molecule has 1 amide bonds. The number of H-pyrrole nitrogens is 1. The van der Waals surface area contributed by atoms with Crippen molar-refractivity contribution in [2.75, 3.05) is 6.54 Å². The highest BCUT2D eigenvalue weighted by Gasteiger charge is 2.40. The van der Waals surface area contributed by atoms with Crippen molar-refractivity contribution in [3.8, 4) is 11.3 Å². The second-order valence-corrected chi connectivity index (χ2v) is 7.96. The highest BCUT2D eigenvalue weighted by molar-refractivity contribution is 6.02. The summed E-state index contributed by atoms with van der Waals surface area (Å²) in [5, 5.41) is 10.3. The quantitative estimate of drug-likeness (QED) is 0.477. The monoisotopic (exact) mass is 410 g/mol. The Labute approximate surface area is 179 Å². The number of aromatic nitrogens is 1. The number of fused-ring (bicyclic) bond motifs is 2. The van der Waals surface area contributed by atoms with E-state index in [0.29, 0.717) is 5.56 Å². The first-order valence-corrected chi connectivity index (χ1v) is 10.3. The van der Waals surface area contributed by atoms with Gasteiger partial charge < -0.3 is 15.0 Å². The normalized spacial score (nSPS) is 15.5. The number of hydrogen-bond donors (Lipinski definition) is 2. The maximum absolute atomic E-state index is 13.3. The van der Waals surface area contributed by atoms with Gasteiger partial charge in [0, 0.05) is 28.6 Å². The number of hydrogen-bond acceptors (Lipinski definition) is 2. The number of rotatable bonds is 5. The Morgan fingerprint density at radius 3 is 2.48 bits per heavy atom. The fraction of sp³-hybridized carbons (Fsp3) is 0.154. The molecule has 154 valence electrons. The lowest BCUT2D eigenvalue weighted by molar-refractivity contribution is -0.137. The molecular weight excluding hydrogens is 388 g/mol. The minimum atomic E-state index is -0.916. The van der Waals surface area contributed by atoms with E-state index in [1.165, 1.54) is 5.56 Å². The minimum Gasteiger partial charge on any atom is -0.481 e. The predicted octanol–water partition coefficient (Wildman–Crippen LogP) is 5.16. The van der Waals surface area contributed by atoms with Gasteiger partial charge in [-0.15, -0.1) is 0 Å². The maximum Gasteiger partial charge on any atom is 0.305 e. The molecule has 0 fully saturated rings. The predicted molar refractivity (Wildman–Crippen MR) is 120 cm³/mol. The van der Waals surface area contributed by atoms with E-state index in [4.69, 9.17) is 0 Å². The van der Waals surface area contributed by atoms with Gasteiger partial charge in [-0.3, -0.25) is 9.59 Å². The highest BCUT2D eigenvalue weighted by atomic mass is 16.4. The van der Waals surface area contributed by atoms with Crippen molar-refractivity contribution in [1.82, 2.24) is 9.88 Å². The first-order chi connectivity index (χ1) is 15.0. The molecule has 5 heteroatoms. The van der Waals surface area contributed by atoms with Crippen LogP contribution in [0.2, 0.25) is 0 Å². The molecule has 0 spiro atoms. The highest BCUT2D eigenvalue weighted by Crippen LogP contribution is 2.45. The van der Waals surface area contributed by atoms with Gasteiger partial charge in [0.1, 0.15) is 0 Å². The lowest BCUT2D eigenvalue weighted by Gasteiger charge is -2.26. The summed E-state index contributed by atoms with van der Waals surface area (Å²) in [5.41, 5.74) is 6.70. The maximum atomic E-state index is 13.3. The van der Waals surface area contributed by atoms with Crippen LogP contribution in [0, 0.1) is 6.92 Å². The van der Waals surface area contributed by atoms with Crippen molar-refractivity contribution in [2.24, 2.45) is 0 Å². The standard InChI is InChI=1S/C26H22N2O3/c1-16-10-12-17(13-11-16)24-23(20-8-4-5-9-21(20)27-24)25-18-6-2-3-7-19(18)26(31)28(25)15-14-22(29)30/h2-13,25,27H,14-15H2,1H3,(H,29,30)/t25-/m1/s1. The first kappa shape index (κ1) is 19.1. The van der Waals surface area contributed by atoms with Crippen LogP contribution in [0.3, 0.4) is 0 Å². The van der Waals surface area contributed by atoms with Crippen LogP contribution < -0.4 is 0 Å². The number of carbonyl (C=O) groups is 2. The Morgan fingerprint density at radius 1 is 1.00 bits per heavy atom. The summed E-state index contributed by atoms with van der Waals surface area (Å²) in [6.07, 6.45) is -0.0988. The van der Waals surface area contributed by atoms with Crippen molar-refractivity contribution in [1.29, 1.82) is 0 Å². The zero-order chi connectivity index (χ0) is 21.5. The molecular formula is C26H22N2O3. The molecule has 5 rings (SSSR count). The van der Waals surface area contributed by atoms with E-state index in [2.05, 4.69) is 42.2 Å². The van der Waals surface area contributed by atoms with Gasteiger partial charge in [0.25, 0.3) is 5.91 Å². The van der Waals surface area contributed by atoms with Crippen LogP contribution in [0.15, 0.2) is 72.8 Å². The molecule has 0 radical (unpaired) electrons. The number of carbonyl (C=O) groups excluding carboxylic acids is 1. The number of benzene rings is 3. The van der Waals surface area contributed by atoms with Gasteiger partial charge in [-0.25, -0.2) is 0 Å². The van der Waals surface area contributed by atoms with Crippen molar-refractivity contribution >= 4 is 22.8 Å². The number of nitrogens with zero attached hydrogens (tertiary/aromatic N) is 1. The van der Waals surface area contributed by atoms with E-state index in [1.54, 1.807) is 4.90 Å². The molecule has 4 aromatic rings. The molecule has 0 aliphatic carbocycles. The van der Waals surface area contributed by atoms with E-state index in [0.717, 1.165) is 33.3 Å². The molecule has 31 heavy (non-hydrogen) atoms. The molecule has 1 atom stereocenters. The number of aryl methyl sites for hydroxylation is 1. The van der Waals surface area contributed by atoms with Gasteiger partial charge in [-0.2, -0.15) is 0 Å². The van der Waals surface area contributed by atoms with E-state index in [-0.39, 0.29) is 24.9 Å². The van der Waals surface area contributed by atoms with E-state index < -0.39 is 5.97 Å². The van der Waals surface area contributed by atoms with E-state index >= 15 is 0 Å². The molecule has 3 aromatic carbocycles. The average Bonchev–Trinajstić information content (AvgIpc) is 3.28. The van der Waals surface area contributed by atoms with Gasteiger partial charge in [0.2, 0.25) is 0 Å². The van der Waals surface area contributed by atoms with Crippen LogP contribution in [0.5, 0.6) is 0 Å². The third kappa shape index (κ3) is 3.19. The average molecular weight is 410 g/mol. The third-order valence-electron chi connectivity index (χ3n) is 5.98. The third-order valence-corrected chi connectivity index (χ3v) is 5.98. The Bertz CT molecular complexity index is 1300. The number of carboxylic acids is 1. The number of aliphatic carboxylic acids is 1. The van der Waals surface area contributed by atoms with Gasteiger partial charge in [-0.1, -0.05) is 66.2 Å². The summed E-state index contributed by atoms with van der Waals surface area (Å²) in [6.45, 7) is 2.20. The number of amides is 1. The molecule has 0 unspecified atom stereocenters. The fourth-order valence-electron chi connectivity index (χ4n) is 4.52. The molecule has 0 bridgehead atoms. The molecule has 2 heterocycles. The lowest BCUT2D eigenvalue weighted by atomic mass is 9.93. The minimum absolute atomic E-state index is 0.0988. The van der Waals surface area contributed by atoms with Crippen LogP contribution in [-0.2, 0) is 4.79 Å². The lowest BCUT2D eigenvalue weighted by Crippen LogP contribution is -2.31. The number of nitrogens with one attached hydrogen (secondary N) is 1. The van der Waals surface area contributed by atoms with E-state index in [1.807, 2.05) is 42.5 Å². The topological polar surface area (TPSA) is 73.4 Å². The summed E-state index contributed by atoms with van der Waals surface area (Å²) >= 11 is 0. The molecule has 2 N–H and O–H groups in total. The van der Waals surface area contributed by atoms with Gasteiger partial charge >= 0.3 is 5.97 Å². The Kier molecular flexibility index (Phi) is 4.59. The van der Waals surface area contributed by atoms with Gasteiger partial charge in [0.15, 0.2) is 0 Å². The summed E-state index contributed by atoms with van der Waals surface area (Å²) in [7, 11) is 0. The number of aromatic amines is 1. The Morgan fingerprint density at radius 2 is 1.71 bits per heavy atom. The SMILES string of the molecule is Cc1ccc(-c2[nH]c3ccccc3c2[C@H]2c3ccccc3C(=O)N2CCC(=O)O)cc1. The smallest absolute Gasteiger partial charge is 0.305 e. The molecule has 1 aliphatic rings. The Balaban J connectivity index is 1.76. The zero-order valence-corrected chi connectivity index (χ0v) is 17.1. The summed E-state index contributed by atoms with van der Waals surface area (Å²) in [5.74, 6) is -1.04. The zero-order valence-electron chi connectivity index (χ0n) is 17.1. The number of carboxylic acid groups (broad SMARTS) is 1. The van der Waals surface area contributed by atoms with Crippen LogP contribution in [0.25, 0.3) is 22.2 Å². The second-order valence-electron chi connectivity index (χ2n) is 7.96. The number of para-hydroxylation sites is 1. The van der Waals surface area contributed by atoms with Crippen LogP contribution >= 0.6 is 0 Å². The van der Waals surface area contributed by atoms with Crippen molar-refractivity contribution < 1.29 is 14.7 Å².